The smallest absolute Gasteiger partial charge is 0.414 e. The van der Waals surface area contributed by atoms with Crippen molar-refractivity contribution in [3.05, 3.63) is 24.0 Å². The number of carbonyl (C=O) groups excluding carboxylic acids is 2. The number of rotatable bonds is 8. The molecule has 4 rings (SSSR count). The number of halogens is 1. The number of hydrogen-bond donors (Lipinski definition) is 2. The lowest BCUT2D eigenvalue weighted by Crippen LogP contribution is -2.33. The van der Waals surface area contributed by atoms with Crippen molar-refractivity contribution in [1.29, 1.82) is 5.41 Å². The van der Waals surface area contributed by atoms with Gasteiger partial charge in [-0.15, -0.1) is 0 Å². The zero-order chi connectivity index (χ0) is 23.9. The number of sulfone groups is 1. The third kappa shape index (κ3) is 5.21. The summed E-state index contributed by atoms with van der Waals surface area (Å²) in [4.78, 5) is 26.5. The van der Waals surface area contributed by atoms with E-state index in [1.54, 1.807) is 12.1 Å². The van der Waals surface area contributed by atoms with Crippen LogP contribution >= 0.6 is 0 Å². The number of piperidine rings is 1. The Labute approximate surface area is 191 Å². The molecular formula is C21H27FN4O6S. The first-order valence-electron chi connectivity index (χ1n) is 10.7. The Morgan fingerprint density at radius 3 is 2.61 bits per heavy atom. The maximum absolute atomic E-state index is 14.9. The molecule has 0 bridgehead atoms. The molecule has 2 heterocycles. The molecule has 4 atom stereocenters. The summed E-state index contributed by atoms with van der Waals surface area (Å²) in [5.41, 5.74) is 0.812. The van der Waals surface area contributed by atoms with E-state index in [-0.39, 0.29) is 55.0 Å². The number of hydrogen-bond acceptors (Lipinski definition) is 8. The van der Waals surface area contributed by atoms with Gasteiger partial charge < -0.3 is 19.7 Å². The van der Waals surface area contributed by atoms with Crippen LogP contribution in [0.2, 0.25) is 0 Å². The Morgan fingerprint density at radius 2 is 2.00 bits per heavy atom. The highest BCUT2D eigenvalue weighted by atomic mass is 32.2. The molecule has 1 aromatic carbocycles. The second kappa shape index (κ2) is 8.81. The van der Waals surface area contributed by atoms with Crippen LogP contribution in [0.4, 0.5) is 20.6 Å². The molecule has 1 saturated carbocycles. The van der Waals surface area contributed by atoms with Gasteiger partial charge in [0, 0.05) is 32.2 Å². The Morgan fingerprint density at radius 1 is 1.30 bits per heavy atom. The quantitative estimate of drug-likeness (QED) is 0.418. The zero-order valence-corrected chi connectivity index (χ0v) is 19.2. The summed E-state index contributed by atoms with van der Waals surface area (Å²) >= 11 is 0. The minimum Gasteiger partial charge on any atom is -0.480 e. The summed E-state index contributed by atoms with van der Waals surface area (Å²) in [7, 11) is -3.14. The molecular weight excluding hydrogens is 455 g/mol. The Kier molecular flexibility index (Phi) is 6.21. The van der Waals surface area contributed by atoms with Crippen LogP contribution < -0.4 is 15.1 Å². The van der Waals surface area contributed by atoms with Crippen molar-refractivity contribution < 1.29 is 31.9 Å². The predicted octanol–water partition coefficient (Wildman–Crippen LogP) is 1.01. The van der Waals surface area contributed by atoms with Crippen molar-refractivity contribution in [2.45, 2.75) is 13.0 Å². The van der Waals surface area contributed by atoms with Gasteiger partial charge in [-0.1, -0.05) is 0 Å². The fourth-order valence-corrected chi connectivity index (χ4v) is 4.91. The van der Waals surface area contributed by atoms with Gasteiger partial charge in [-0.25, -0.2) is 17.6 Å². The monoisotopic (exact) mass is 482 g/mol. The fraction of sp³-hybridized carbons (Fsp3) is 0.571. The summed E-state index contributed by atoms with van der Waals surface area (Å²) in [6.07, 6.45) is 0.0410. The largest absolute Gasteiger partial charge is 0.480 e. The molecule has 2 aliphatic heterocycles. The third-order valence-electron chi connectivity index (χ3n) is 6.24. The minimum atomic E-state index is -3.14. The molecule has 180 valence electrons. The van der Waals surface area contributed by atoms with E-state index in [1.807, 2.05) is 4.90 Å². The van der Waals surface area contributed by atoms with Crippen molar-refractivity contribution in [2.24, 2.45) is 17.8 Å². The topological polar surface area (TPSA) is 129 Å². The van der Waals surface area contributed by atoms with Crippen LogP contribution in [0, 0.1) is 29.0 Å². The maximum atomic E-state index is 14.9. The first-order chi connectivity index (χ1) is 15.5. The molecule has 3 aliphatic rings. The van der Waals surface area contributed by atoms with E-state index in [9.17, 15) is 22.4 Å². The van der Waals surface area contributed by atoms with E-state index in [1.165, 1.54) is 17.9 Å². The highest BCUT2D eigenvalue weighted by Crippen LogP contribution is 2.53. The van der Waals surface area contributed by atoms with Crippen LogP contribution in [0.5, 0.6) is 0 Å². The van der Waals surface area contributed by atoms with Crippen molar-refractivity contribution in [3.8, 4) is 0 Å². The van der Waals surface area contributed by atoms with Crippen LogP contribution in [0.3, 0.4) is 0 Å². The molecule has 0 radical (unpaired) electrons. The van der Waals surface area contributed by atoms with E-state index in [0.29, 0.717) is 24.5 Å². The molecule has 1 unspecified atom stereocenters. The van der Waals surface area contributed by atoms with E-state index >= 15 is 0 Å². The zero-order valence-electron chi connectivity index (χ0n) is 18.4. The number of amides is 2. The Hall–Kier alpha value is -2.89. The normalized spacial score (nSPS) is 26.1. The van der Waals surface area contributed by atoms with E-state index in [2.05, 4.69) is 5.32 Å². The number of nitrogens with zero attached hydrogens (tertiary/aromatic N) is 2. The molecule has 1 aliphatic carbocycles. The number of cyclic esters (lactones) is 1. The van der Waals surface area contributed by atoms with E-state index in [4.69, 9.17) is 14.9 Å². The van der Waals surface area contributed by atoms with Crippen LogP contribution in [0.1, 0.15) is 6.92 Å². The average Bonchev–Trinajstić information content (AvgIpc) is 3.04. The molecule has 3 fully saturated rings. The van der Waals surface area contributed by atoms with Gasteiger partial charge in [-0.05, 0) is 30.0 Å². The molecule has 33 heavy (non-hydrogen) atoms. The number of carbonyl (C=O) groups is 2. The van der Waals surface area contributed by atoms with Crippen molar-refractivity contribution in [1.82, 2.24) is 5.32 Å². The highest BCUT2D eigenvalue weighted by molar-refractivity contribution is 7.90. The van der Waals surface area contributed by atoms with Gasteiger partial charge in [0.1, 0.15) is 18.5 Å². The van der Waals surface area contributed by atoms with Gasteiger partial charge >= 0.3 is 6.09 Å². The first-order valence-corrected chi connectivity index (χ1v) is 12.8. The molecule has 2 amide bonds. The molecule has 1 aromatic rings. The number of fused-ring (bicyclic) bond motifs is 1. The third-order valence-corrected chi connectivity index (χ3v) is 7.15. The minimum absolute atomic E-state index is 0.0297. The van der Waals surface area contributed by atoms with Gasteiger partial charge in [-0.3, -0.25) is 15.1 Å². The van der Waals surface area contributed by atoms with Crippen molar-refractivity contribution >= 4 is 39.1 Å². The van der Waals surface area contributed by atoms with E-state index in [0.717, 1.165) is 6.26 Å². The van der Waals surface area contributed by atoms with Crippen molar-refractivity contribution in [2.75, 3.05) is 54.6 Å². The second-order valence-electron chi connectivity index (χ2n) is 8.79. The average molecular weight is 483 g/mol. The van der Waals surface area contributed by atoms with Gasteiger partial charge in [0.15, 0.2) is 15.7 Å². The number of benzene rings is 1. The second-order valence-corrected chi connectivity index (χ2v) is 11.0. The van der Waals surface area contributed by atoms with Gasteiger partial charge in [0.2, 0.25) is 5.91 Å². The lowest BCUT2D eigenvalue weighted by Gasteiger charge is -2.24. The lowest BCUT2D eigenvalue weighted by molar-refractivity contribution is -0.119. The summed E-state index contributed by atoms with van der Waals surface area (Å²) in [6, 6.07) is 4.60. The first kappa shape index (κ1) is 23.3. The highest BCUT2D eigenvalue weighted by Gasteiger charge is 2.59. The number of ether oxygens (including phenoxy) is 2. The predicted molar refractivity (Wildman–Crippen MR) is 119 cm³/mol. The molecule has 0 aromatic heterocycles. The van der Waals surface area contributed by atoms with Crippen LogP contribution in [0.15, 0.2) is 18.2 Å². The van der Waals surface area contributed by atoms with Gasteiger partial charge in [-0.2, -0.15) is 0 Å². The molecule has 2 saturated heterocycles. The van der Waals surface area contributed by atoms with E-state index < -0.39 is 27.9 Å². The maximum Gasteiger partial charge on any atom is 0.414 e. The number of anilines is 2. The summed E-state index contributed by atoms with van der Waals surface area (Å²) < 4.78 is 47.8. The molecule has 2 N–H and O–H groups in total. The van der Waals surface area contributed by atoms with Crippen LogP contribution in [0.25, 0.3) is 0 Å². The van der Waals surface area contributed by atoms with Crippen LogP contribution in [-0.4, -0.2) is 77.2 Å². The Balaban J connectivity index is 1.31. The molecule has 10 nitrogen and oxygen atoms in total. The SMILES string of the molecule is CC(=O)NC[C@H]1CN(c2ccc(N3C[C@@H]4C(C(=N)OCCS(C)(=O)=O)[C@@H]4C3)c(F)c2)C(=O)O1. The number of nitrogens with one attached hydrogen (secondary N) is 2. The molecule has 0 spiro atoms. The summed E-state index contributed by atoms with van der Waals surface area (Å²) in [5.74, 6) is -0.395. The Bertz CT molecular complexity index is 1070. The van der Waals surface area contributed by atoms with Crippen LogP contribution in [-0.2, 0) is 24.1 Å². The lowest BCUT2D eigenvalue weighted by atomic mass is 10.2. The summed E-state index contributed by atoms with van der Waals surface area (Å²) in [5, 5.41) is 10.7. The standard InChI is InChI=1S/C21H27FN4O6S/c1-12(27)24-8-14-9-26(21(28)32-14)13-3-4-18(17(22)7-13)25-10-15-16(11-25)19(15)20(23)31-5-6-33(2,29)30/h3-4,7,14-16,19,23H,5-6,8-11H2,1-2H3,(H,24,27)/t14-,15-,16+,19?/m0/s1. The fourth-order valence-electron chi connectivity index (χ4n) is 4.53. The molecule has 12 heteroatoms. The van der Waals surface area contributed by atoms with Gasteiger partial charge in [0.25, 0.3) is 0 Å². The summed E-state index contributed by atoms with van der Waals surface area (Å²) in [6.45, 7) is 2.92. The van der Waals surface area contributed by atoms with Crippen molar-refractivity contribution in [3.63, 3.8) is 0 Å². The van der Waals surface area contributed by atoms with Gasteiger partial charge in [0.05, 0.1) is 30.2 Å².